The number of carboxylic acid groups (broad SMARTS) is 1. The van der Waals surface area contributed by atoms with Crippen LogP contribution in [0.25, 0.3) is 11.2 Å². The minimum atomic E-state index is -0.803. The van der Waals surface area contributed by atoms with Crippen molar-refractivity contribution in [1.82, 2.24) is 19.5 Å². The third-order valence-electron chi connectivity index (χ3n) is 4.11. The quantitative estimate of drug-likeness (QED) is 0.655. The lowest BCUT2D eigenvalue weighted by atomic mass is 10.0. The van der Waals surface area contributed by atoms with Crippen molar-refractivity contribution >= 4 is 23.0 Å². The van der Waals surface area contributed by atoms with E-state index >= 15 is 0 Å². The molecular formula is C18H21N5O2. The van der Waals surface area contributed by atoms with E-state index in [9.17, 15) is 4.79 Å². The molecule has 0 bridgehead atoms. The van der Waals surface area contributed by atoms with Crippen molar-refractivity contribution in [3.05, 3.63) is 48.5 Å². The van der Waals surface area contributed by atoms with Gasteiger partial charge in [0, 0.05) is 19.0 Å². The van der Waals surface area contributed by atoms with E-state index in [-0.39, 0.29) is 12.5 Å². The maximum atomic E-state index is 11.0. The number of benzene rings is 1. The first-order chi connectivity index (χ1) is 12.2. The van der Waals surface area contributed by atoms with Gasteiger partial charge in [0.1, 0.15) is 11.8 Å². The summed E-state index contributed by atoms with van der Waals surface area (Å²) in [6.45, 7) is 2.81. The van der Waals surface area contributed by atoms with E-state index in [1.807, 2.05) is 41.8 Å². The van der Waals surface area contributed by atoms with Crippen LogP contribution in [0.4, 0.5) is 5.82 Å². The Labute approximate surface area is 145 Å². The molecule has 0 saturated carbocycles. The molecule has 3 aromatic rings. The van der Waals surface area contributed by atoms with Crippen LogP contribution >= 0.6 is 0 Å². The van der Waals surface area contributed by atoms with E-state index in [1.54, 1.807) is 6.33 Å². The Bertz CT molecular complexity index is 847. The Morgan fingerprint density at radius 1 is 1.24 bits per heavy atom. The molecule has 3 rings (SSSR count). The van der Waals surface area contributed by atoms with Crippen molar-refractivity contribution in [3.63, 3.8) is 0 Å². The highest BCUT2D eigenvalue weighted by molar-refractivity contribution is 5.82. The van der Waals surface area contributed by atoms with Gasteiger partial charge in [0.2, 0.25) is 0 Å². The average Bonchev–Trinajstić information content (AvgIpc) is 3.05. The number of aryl methyl sites for hydroxylation is 1. The van der Waals surface area contributed by atoms with Crippen molar-refractivity contribution in [2.75, 3.05) is 5.32 Å². The minimum Gasteiger partial charge on any atom is -0.481 e. The molecular weight excluding hydrogens is 318 g/mol. The summed E-state index contributed by atoms with van der Waals surface area (Å²) in [6.07, 6.45) is 4.57. The van der Waals surface area contributed by atoms with Gasteiger partial charge in [-0.2, -0.15) is 0 Å². The number of carboxylic acids is 1. The molecule has 0 fully saturated rings. The second-order valence-electron chi connectivity index (χ2n) is 5.89. The van der Waals surface area contributed by atoms with Crippen molar-refractivity contribution in [1.29, 1.82) is 0 Å². The van der Waals surface area contributed by atoms with Crippen molar-refractivity contribution in [2.45, 2.75) is 38.8 Å². The van der Waals surface area contributed by atoms with E-state index in [2.05, 4.69) is 20.3 Å². The number of aromatic nitrogens is 4. The Hall–Kier alpha value is -2.96. The summed E-state index contributed by atoms with van der Waals surface area (Å²) in [4.78, 5) is 24.0. The summed E-state index contributed by atoms with van der Waals surface area (Å²) >= 11 is 0. The van der Waals surface area contributed by atoms with Gasteiger partial charge in [-0.3, -0.25) is 4.79 Å². The van der Waals surface area contributed by atoms with Crippen LogP contribution < -0.4 is 5.32 Å². The normalized spacial score (nSPS) is 12.2. The Balaban J connectivity index is 1.84. The van der Waals surface area contributed by atoms with E-state index in [0.717, 1.165) is 17.8 Å². The number of nitrogens with one attached hydrogen (secondary N) is 1. The SMILES string of the molecule is CCn1cnc2c(NC(CCC(=O)O)Cc3ccccc3)ncnc21. The Morgan fingerprint density at radius 2 is 2.04 bits per heavy atom. The van der Waals surface area contributed by atoms with Crippen LogP contribution in [0.15, 0.2) is 43.0 Å². The highest BCUT2D eigenvalue weighted by Crippen LogP contribution is 2.20. The molecule has 0 aliphatic heterocycles. The number of fused-ring (bicyclic) bond motifs is 1. The summed E-state index contributed by atoms with van der Waals surface area (Å²) in [5.41, 5.74) is 2.63. The van der Waals surface area contributed by atoms with Crippen LogP contribution in [-0.4, -0.2) is 36.6 Å². The largest absolute Gasteiger partial charge is 0.481 e. The molecule has 1 aromatic carbocycles. The minimum absolute atomic E-state index is 0.0524. The second kappa shape index (κ2) is 7.74. The van der Waals surface area contributed by atoms with Gasteiger partial charge in [0.05, 0.1) is 6.33 Å². The molecule has 1 unspecified atom stereocenters. The fourth-order valence-electron chi connectivity index (χ4n) is 2.83. The zero-order valence-corrected chi connectivity index (χ0v) is 14.1. The predicted octanol–water partition coefficient (Wildman–Crippen LogP) is 2.73. The first-order valence-electron chi connectivity index (χ1n) is 8.35. The summed E-state index contributed by atoms with van der Waals surface area (Å²) in [5.74, 6) is -0.161. The number of carbonyl (C=O) groups is 1. The Kier molecular flexibility index (Phi) is 5.23. The molecule has 130 valence electrons. The summed E-state index contributed by atoms with van der Waals surface area (Å²) in [7, 11) is 0. The lowest BCUT2D eigenvalue weighted by Crippen LogP contribution is -2.24. The topological polar surface area (TPSA) is 92.9 Å². The monoisotopic (exact) mass is 339 g/mol. The molecule has 0 aliphatic carbocycles. The smallest absolute Gasteiger partial charge is 0.303 e. The van der Waals surface area contributed by atoms with Crippen LogP contribution in [0, 0.1) is 0 Å². The van der Waals surface area contributed by atoms with Crippen LogP contribution in [0.3, 0.4) is 0 Å². The molecule has 2 heterocycles. The summed E-state index contributed by atoms with van der Waals surface area (Å²) in [6, 6.07) is 9.95. The van der Waals surface area contributed by atoms with E-state index in [1.165, 1.54) is 6.33 Å². The van der Waals surface area contributed by atoms with Gasteiger partial charge in [-0.15, -0.1) is 0 Å². The zero-order valence-electron chi connectivity index (χ0n) is 14.1. The van der Waals surface area contributed by atoms with Gasteiger partial charge >= 0.3 is 5.97 Å². The number of rotatable bonds is 8. The number of hydrogen-bond donors (Lipinski definition) is 2. The highest BCUT2D eigenvalue weighted by atomic mass is 16.4. The zero-order chi connectivity index (χ0) is 17.6. The fraction of sp³-hybridized carbons (Fsp3) is 0.333. The second-order valence-corrected chi connectivity index (χ2v) is 5.89. The van der Waals surface area contributed by atoms with Gasteiger partial charge in [0.25, 0.3) is 0 Å². The van der Waals surface area contributed by atoms with Crippen molar-refractivity contribution in [2.24, 2.45) is 0 Å². The van der Waals surface area contributed by atoms with E-state index < -0.39 is 5.97 Å². The molecule has 7 nitrogen and oxygen atoms in total. The first-order valence-corrected chi connectivity index (χ1v) is 8.35. The molecule has 1 atom stereocenters. The number of anilines is 1. The van der Waals surface area contributed by atoms with E-state index in [0.29, 0.717) is 24.2 Å². The lowest BCUT2D eigenvalue weighted by molar-refractivity contribution is -0.137. The van der Waals surface area contributed by atoms with Crippen LogP contribution in [-0.2, 0) is 17.8 Å². The highest BCUT2D eigenvalue weighted by Gasteiger charge is 2.16. The number of hydrogen-bond acceptors (Lipinski definition) is 5. The average molecular weight is 339 g/mol. The summed E-state index contributed by atoms with van der Waals surface area (Å²) in [5, 5.41) is 12.4. The molecule has 0 spiro atoms. The lowest BCUT2D eigenvalue weighted by Gasteiger charge is -2.19. The van der Waals surface area contributed by atoms with Crippen LogP contribution in [0.2, 0.25) is 0 Å². The van der Waals surface area contributed by atoms with Crippen LogP contribution in [0.5, 0.6) is 0 Å². The Morgan fingerprint density at radius 3 is 2.76 bits per heavy atom. The van der Waals surface area contributed by atoms with Crippen LogP contribution in [0.1, 0.15) is 25.3 Å². The van der Waals surface area contributed by atoms with Gasteiger partial charge in [-0.25, -0.2) is 15.0 Å². The molecule has 0 radical (unpaired) electrons. The predicted molar refractivity (Wildman–Crippen MR) is 95.4 cm³/mol. The molecule has 7 heteroatoms. The molecule has 2 aromatic heterocycles. The number of aliphatic carboxylic acids is 1. The maximum absolute atomic E-state index is 11.0. The molecule has 0 aliphatic rings. The third kappa shape index (κ3) is 4.12. The van der Waals surface area contributed by atoms with Crippen molar-refractivity contribution in [3.8, 4) is 0 Å². The number of nitrogens with zero attached hydrogens (tertiary/aromatic N) is 4. The molecule has 25 heavy (non-hydrogen) atoms. The van der Waals surface area contributed by atoms with Gasteiger partial charge < -0.3 is 15.0 Å². The molecule has 2 N–H and O–H groups in total. The third-order valence-corrected chi connectivity index (χ3v) is 4.11. The van der Waals surface area contributed by atoms with Gasteiger partial charge in [0.15, 0.2) is 11.5 Å². The van der Waals surface area contributed by atoms with Crippen molar-refractivity contribution < 1.29 is 9.90 Å². The molecule has 0 amide bonds. The van der Waals surface area contributed by atoms with Gasteiger partial charge in [-0.05, 0) is 25.3 Å². The first kappa shape index (κ1) is 16.9. The van der Waals surface area contributed by atoms with E-state index in [4.69, 9.17) is 5.11 Å². The fourth-order valence-corrected chi connectivity index (χ4v) is 2.83. The maximum Gasteiger partial charge on any atom is 0.303 e. The standard InChI is InChI=1S/C18H21N5O2/c1-2-23-12-21-16-17(19-11-20-18(16)23)22-14(8-9-15(24)25)10-13-6-4-3-5-7-13/h3-7,11-12,14H,2,8-10H2,1H3,(H,24,25)(H,19,20,22). The summed E-state index contributed by atoms with van der Waals surface area (Å²) < 4.78 is 1.95. The number of imidazole rings is 1. The van der Waals surface area contributed by atoms with Gasteiger partial charge in [-0.1, -0.05) is 30.3 Å². The molecule has 0 saturated heterocycles.